The monoisotopic (exact) mass is 525 g/mol. The first-order valence-electron chi connectivity index (χ1n) is 11.2. The number of rotatable bonds is 6. The number of amides is 2. The molecule has 3 aromatic heterocycles. The normalized spacial score (nSPS) is 11.9. The largest absolute Gasteiger partial charge is 0.338 e. The van der Waals surface area contributed by atoms with Crippen molar-refractivity contribution in [2.45, 2.75) is 39.4 Å². The summed E-state index contributed by atoms with van der Waals surface area (Å²) >= 11 is 1.36. The van der Waals surface area contributed by atoms with Crippen LogP contribution in [0.1, 0.15) is 33.3 Å². The zero-order chi connectivity index (χ0) is 26.1. The number of pyridine rings is 1. The van der Waals surface area contributed by atoms with Crippen molar-refractivity contribution in [3.8, 4) is 22.4 Å². The van der Waals surface area contributed by atoms with Crippen molar-refractivity contribution in [1.29, 1.82) is 0 Å². The van der Waals surface area contributed by atoms with Crippen LogP contribution in [0.4, 0.5) is 15.9 Å². The number of urea groups is 1. The number of benzene rings is 1. The molecule has 0 fully saturated rings. The minimum Gasteiger partial charge on any atom is -0.338 e. The Morgan fingerprint density at radius 2 is 1.75 bits per heavy atom. The van der Waals surface area contributed by atoms with Crippen LogP contribution in [0.25, 0.3) is 32.6 Å². The first-order chi connectivity index (χ1) is 17.0. The maximum atomic E-state index is 12.4. The van der Waals surface area contributed by atoms with Crippen molar-refractivity contribution in [3.05, 3.63) is 48.4 Å². The lowest BCUT2D eigenvalue weighted by atomic mass is 10.0. The minimum atomic E-state index is -3.65. The van der Waals surface area contributed by atoms with Crippen LogP contribution in [0, 0.1) is 6.92 Å². The van der Waals surface area contributed by atoms with Crippen LogP contribution in [-0.4, -0.2) is 45.7 Å². The molecule has 0 saturated carbocycles. The van der Waals surface area contributed by atoms with Crippen molar-refractivity contribution in [2.75, 3.05) is 16.6 Å². The quantitative estimate of drug-likeness (QED) is 0.328. The molecule has 0 unspecified atom stereocenters. The van der Waals surface area contributed by atoms with Gasteiger partial charge in [0.15, 0.2) is 5.13 Å². The third kappa shape index (κ3) is 5.44. The van der Waals surface area contributed by atoms with Gasteiger partial charge in [-0.3, -0.25) is 15.0 Å². The highest BCUT2D eigenvalue weighted by Crippen LogP contribution is 2.38. The second kappa shape index (κ2) is 9.78. The molecule has 10 nitrogen and oxygen atoms in total. The van der Waals surface area contributed by atoms with Gasteiger partial charge < -0.3 is 5.32 Å². The zero-order valence-corrected chi connectivity index (χ0v) is 22.2. The Balaban J connectivity index is 1.76. The van der Waals surface area contributed by atoms with Gasteiger partial charge in [0.2, 0.25) is 16.0 Å². The number of aromatic nitrogens is 4. The zero-order valence-electron chi connectivity index (χ0n) is 20.6. The van der Waals surface area contributed by atoms with Gasteiger partial charge in [0.25, 0.3) is 0 Å². The van der Waals surface area contributed by atoms with Crippen LogP contribution in [0.2, 0.25) is 0 Å². The maximum absolute atomic E-state index is 12.4. The number of hydrogen-bond acceptors (Lipinski definition) is 8. The second-order valence-corrected chi connectivity index (χ2v) is 12.5. The molecule has 3 N–H and O–H groups in total. The van der Waals surface area contributed by atoms with E-state index in [-0.39, 0.29) is 12.0 Å². The smallest absolute Gasteiger partial charge is 0.321 e. The fraction of sp³-hybridized carbons (Fsp3) is 0.292. The number of aryl methyl sites for hydroxylation is 1. The highest BCUT2D eigenvalue weighted by atomic mass is 32.2. The molecule has 0 saturated heterocycles. The van der Waals surface area contributed by atoms with Crippen molar-refractivity contribution in [3.63, 3.8) is 0 Å². The molecule has 2 amide bonds. The van der Waals surface area contributed by atoms with Crippen LogP contribution >= 0.6 is 11.3 Å². The molecule has 0 bridgehead atoms. The van der Waals surface area contributed by atoms with E-state index in [1.807, 2.05) is 38.1 Å². The van der Waals surface area contributed by atoms with Crippen molar-refractivity contribution in [1.82, 2.24) is 25.3 Å². The van der Waals surface area contributed by atoms with E-state index in [2.05, 4.69) is 35.3 Å². The lowest BCUT2D eigenvalue weighted by Gasteiger charge is -2.19. The Labute approximate surface area is 213 Å². The van der Waals surface area contributed by atoms with Crippen LogP contribution in [-0.2, 0) is 10.0 Å². The van der Waals surface area contributed by atoms with E-state index >= 15 is 0 Å². The molecule has 0 atom stereocenters. The molecule has 3 heterocycles. The summed E-state index contributed by atoms with van der Waals surface area (Å²) in [6.45, 7) is 9.11. The van der Waals surface area contributed by atoms with E-state index in [1.54, 1.807) is 39.4 Å². The molecule has 1 aromatic carbocycles. The van der Waals surface area contributed by atoms with Crippen LogP contribution in [0.3, 0.4) is 0 Å². The summed E-state index contributed by atoms with van der Waals surface area (Å²) in [5.74, 6) is -0.00254. The lowest BCUT2D eigenvalue weighted by molar-refractivity contribution is 0.252. The molecule has 0 aliphatic rings. The first-order valence-corrected chi connectivity index (χ1v) is 13.5. The Kier molecular flexibility index (Phi) is 6.92. The molecule has 36 heavy (non-hydrogen) atoms. The molecule has 4 rings (SSSR count). The number of fused-ring (bicyclic) bond motifs is 1. The Morgan fingerprint density at radius 1 is 1.03 bits per heavy atom. The average molecular weight is 526 g/mol. The van der Waals surface area contributed by atoms with Gasteiger partial charge in [-0.05, 0) is 63.9 Å². The summed E-state index contributed by atoms with van der Waals surface area (Å²) in [4.78, 5) is 29.6. The van der Waals surface area contributed by atoms with E-state index in [1.165, 1.54) is 11.3 Å². The van der Waals surface area contributed by atoms with Crippen LogP contribution < -0.4 is 15.4 Å². The summed E-state index contributed by atoms with van der Waals surface area (Å²) in [5, 5.41) is 5.93. The molecule has 12 heteroatoms. The van der Waals surface area contributed by atoms with Crippen molar-refractivity contribution in [2.24, 2.45) is 0 Å². The molecular weight excluding hydrogens is 498 g/mol. The van der Waals surface area contributed by atoms with Gasteiger partial charge in [-0.25, -0.2) is 28.2 Å². The van der Waals surface area contributed by atoms with Gasteiger partial charge >= 0.3 is 6.03 Å². The highest BCUT2D eigenvalue weighted by molar-refractivity contribution is 7.94. The fourth-order valence-electron chi connectivity index (χ4n) is 3.18. The minimum absolute atomic E-state index is 0.00254. The maximum Gasteiger partial charge on any atom is 0.321 e. The SMILES string of the molecule is CCNC(=O)Nc1nc2cc(-c3cnc(NS(=O)(=O)C(C)(C)C)nc3)cc(-c3ccc(C)cn3)c2s1. The second-order valence-electron chi connectivity index (χ2n) is 9.11. The predicted molar refractivity (Wildman–Crippen MR) is 144 cm³/mol. The van der Waals surface area contributed by atoms with Gasteiger partial charge in [-0.1, -0.05) is 17.4 Å². The standard InChI is InChI=1S/C24H27N7O3S2/c1-6-25-22(32)30-23-29-19-10-15(9-17(20(19)35-23)18-8-7-14(2)11-26-18)16-12-27-21(28-13-16)31-36(33,34)24(3,4)5/h7-13H,6H2,1-5H3,(H,27,28,31)(H2,25,29,30,32). The van der Waals surface area contributed by atoms with Crippen LogP contribution in [0.5, 0.6) is 0 Å². The van der Waals surface area contributed by atoms with Crippen molar-refractivity contribution >= 4 is 48.7 Å². The number of thiazole rings is 1. The van der Waals surface area contributed by atoms with E-state index in [4.69, 9.17) is 0 Å². The molecule has 0 spiro atoms. The van der Waals surface area contributed by atoms with E-state index < -0.39 is 14.8 Å². The number of hydrogen-bond donors (Lipinski definition) is 3. The van der Waals surface area contributed by atoms with Gasteiger partial charge in [-0.2, -0.15) is 0 Å². The number of carbonyl (C=O) groups is 1. The third-order valence-electron chi connectivity index (χ3n) is 5.25. The summed E-state index contributed by atoms with van der Waals surface area (Å²) in [6.07, 6.45) is 4.91. The number of carbonyl (C=O) groups excluding carboxylic acids is 1. The van der Waals surface area contributed by atoms with E-state index in [0.717, 1.165) is 27.1 Å². The van der Waals surface area contributed by atoms with Gasteiger partial charge in [0.1, 0.15) is 0 Å². The predicted octanol–water partition coefficient (Wildman–Crippen LogP) is 4.81. The van der Waals surface area contributed by atoms with Crippen LogP contribution in [0.15, 0.2) is 42.9 Å². The number of sulfonamides is 1. The average Bonchev–Trinajstić information content (AvgIpc) is 3.21. The Hall–Kier alpha value is -3.64. The Morgan fingerprint density at radius 3 is 2.36 bits per heavy atom. The first kappa shape index (κ1) is 25.5. The molecule has 4 aromatic rings. The van der Waals surface area contributed by atoms with Gasteiger partial charge in [0.05, 0.1) is 20.7 Å². The summed E-state index contributed by atoms with van der Waals surface area (Å²) in [5.41, 5.74) is 4.78. The third-order valence-corrected chi connectivity index (χ3v) is 8.34. The van der Waals surface area contributed by atoms with Gasteiger partial charge in [0, 0.05) is 36.3 Å². The van der Waals surface area contributed by atoms with E-state index in [9.17, 15) is 13.2 Å². The summed E-state index contributed by atoms with van der Waals surface area (Å²) in [6, 6.07) is 7.43. The van der Waals surface area contributed by atoms with E-state index in [0.29, 0.717) is 22.8 Å². The fourth-order valence-corrected chi connectivity index (χ4v) is 4.79. The number of nitrogens with one attached hydrogen (secondary N) is 3. The molecular formula is C24H27N7O3S2. The van der Waals surface area contributed by atoms with Crippen molar-refractivity contribution < 1.29 is 13.2 Å². The lowest BCUT2D eigenvalue weighted by Crippen LogP contribution is -2.34. The number of anilines is 2. The topological polar surface area (TPSA) is 139 Å². The van der Waals surface area contributed by atoms with Gasteiger partial charge in [-0.15, -0.1) is 0 Å². The molecule has 0 aliphatic carbocycles. The molecule has 0 aliphatic heterocycles. The highest BCUT2D eigenvalue weighted by Gasteiger charge is 2.29. The number of nitrogens with zero attached hydrogens (tertiary/aromatic N) is 4. The molecule has 188 valence electrons. The summed E-state index contributed by atoms with van der Waals surface area (Å²) in [7, 11) is -3.65. The summed E-state index contributed by atoms with van der Waals surface area (Å²) < 4.78 is 27.2. The Bertz CT molecular complexity index is 1510. The molecule has 0 radical (unpaired) electrons.